The van der Waals surface area contributed by atoms with E-state index in [0.717, 1.165) is 36.2 Å². The van der Waals surface area contributed by atoms with Gasteiger partial charge in [0.25, 0.3) is 0 Å². The standard InChI is InChI=1S/C22H24ClFN2O3S/c1-15-4-2-5-16-6-3-11-26(21(15)16)22(27)17-9-12-25(13-10-17)30(28,29)18-7-8-20(24)19(23)14-18/h2,4-5,7-8,14,17H,3,6,9-13H2,1H3. The maximum Gasteiger partial charge on any atom is 0.243 e. The Labute approximate surface area is 181 Å². The van der Waals surface area contributed by atoms with Crippen LogP contribution in [0.1, 0.15) is 30.4 Å². The number of hydrogen-bond donors (Lipinski definition) is 0. The fraction of sp³-hybridized carbons (Fsp3) is 0.409. The number of nitrogens with zero attached hydrogens (tertiary/aromatic N) is 2. The van der Waals surface area contributed by atoms with Crippen LogP contribution in [0.2, 0.25) is 5.02 Å². The van der Waals surface area contributed by atoms with E-state index in [1.54, 1.807) is 0 Å². The monoisotopic (exact) mass is 450 g/mol. The largest absolute Gasteiger partial charge is 0.312 e. The van der Waals surface area contributed by atoms with Crippen molar-refractivity contribution in [1.82, 2.24) is 4.31 Å². The number of hydrogen-bond acceptors (Lipinski definition) is 3. The highest BCUT2D eigenvalue weighted by Crippen LogP contribution is 2.34. The van der Waals surface area contributed by atoms with Crippen molar-refractivity contribution in [3.8, 4) is 0 Å². The molecule has 30 heavy (non-hydrogen) atoms. The number of halogens is 2. The lowest BCUT2D eigenvalue weighted by atomic mass is 9.93. The van der Waals surface area contributed by atoms with Gasteiger partial charge in [-0.3, -0.25) is 4.79 Å². The van der Waals surface area contributed by atoms with Crippen LogP contribution in [0.4, 0.5) is 10.1 Å². The third-order valence-corrected chi connectivity index (χ3v) is 8.20. The molecule has 5 nitrogen and oxygen atoms in total. The Morgan fingerprint density at radius 2 is 1.87 bits per heavy atom. The number of para-hydroxylation sites is 1. The van der Waals surface area contributed by atoms with Crippen molar-refractivity contribution in [3.05, 3.63) is 58.4 Å². The van der Waals surface area contributed by atoms with Gasteiger partial charge in [0, 0.05) is 31.2 Å². The Bertz CT molecular complexity index is 1080. The molecule has 0 aliphatic carbocycles. The van der Waals surface area contributed by atoms with Crippen LogP contribution in [-0.4, -0.2) is 38.3 Å². The third-order valence-electron chi connectivity index (χ3n) is 6.02. The van der Waals surface area contributed by atoms with E-state index in [1.807, 2.05) is 24.0 Å². The number of rotatable bonds is 3. The number of piperidine rings is 1. The fourth-order valence-electron chi connectivity index (χ4n) is 4.42. The highest BCUT2D eigenvalue weighted by molar-refractivity contribution is 7.89. The summed E-state index contributed by atoms with van der Waals surface area (Å²) < 4.78 is 40.5. The lowest BCUT2D eigenvalue weighted by Gasteiger charge is -2.36. The molecular formula is C22H24ClFN2O3S. The molecule has 1 saturated heterocycles. The predicted octanol–water partition coefficient (Wildman–Crippen LogP) is 4.17. The zero-order valence-corrected chi connectivity index (χ0v) is 18.3. The molecule has 1 amide bonds. The molecule has 160 valence electrons. The molecule has 8 heteroatoms. The minimum atomic E-state index is -3.77. The SMILES string of the molecule is Cc1cccc2c1N(C(=O)C1CCN(S(=O)(=O)c3ccc(F)c(Cl)c3)CC1)CCC2. The van der Waals surface area contributed by atoms with Gasteiger partial charge in [0.2, 0.25) is 15.9 Å². The van der Waals surface area contributed by atoms with E-state index in [2.05, 4.69) is 6.07 Å². The van der Waals surface area contributed by atoms with Gasteiger partial charge in [0.15, 0.2) is 0 Å². The van der Waals surface area contributed by atoms with Crippen molar-refractivity contribution in [2.75, 3.05) is 24.5 Å². The van der Waals surface area contributed by atoms with Crippen LogP contribution in [0.25, 0.3) is 0 Å². The van der Waals surface area contributed by atoms with E-state index < -0.39 is 15.8 Å². The molecule has 0 N–H and O–H groups in total. The summed E-state index contributed by atoms with van der Waals surface area (Å²) in [5.74, 6) is -0.789. The van der Waals surface area contributed by atoms with Gasteiger partial charge in [-0.2, -0.15) is 4.31 Å². The number of fused-ring (bicyclic) bond motifs is 1. The van der Waals surface area contributed by atoms with Gasteiger partial charge < -0.3 is 4.90 Å². The highest BCUT2D eigenvalue weighted by Gasteiger charge is 2.35. The first-order valence-electron chi connectivity index (χ1n) is 10.1. The number of amides is 1. The molecule has 0 spiro atoms. The van der Waals surface area contributed by atoms with Crippen molar-refractivity contribution in [2.45, 2.75) is 37.5 Å². The molecule has 0 radical (unpaired) electrons. The number of carbonyl (C=O) groups is 1. The molecular weight excluding hydrogens is 427 g/mol. The van der Waals surface area contributed by atoms with E-state index in [0.29, 0.717) is 19.4 Å². The van der Waals surface area contributed by atoms with Crippen LogP contribution in [0.5, 0.6) is 0 Å². The van der Waals surface area contributed by atoms with Crippen LogP contribution >= 0.6 is 11.6 Å². The first-order valence-corrected chi connectivity index (χ1v) is 12.0. The zero-order valence-electron chi connectivity index (χ0n) is 16.8. The molecule has 0 unspecified atom stereocenters. The molecule has 0 atom stereocenters. The molecule has 0 aromatic heterocycles. The minimum absolute atomic E-state index is 0.0285. The maximum absolute atomic E-state index is 13.4. The second kappa shape index (κ2) is 8.29. The van der Waals surface area contributed by atoms with E-state index >= 15 is 0 Å². The Morgan fingerprint density at radius 1 is 1.13 bits per heavy atom. The fourth-order valence-corrected chi connectivity index (χ4v) is 6.16. The first-order chi connectivity index (χ1) is 14.3. The van der Waals surface area contributed by atoms with Gasteiger partial charge in [-0.15, -0.1) is 0 Å². The molecule has 2 heterocycles. The summed E-state index contributed by atoms with van der Waals surface area (Å²) in [6, 6.07) is 9.53. The summed E-state index contributed by atoms with van der Waals surface area (Å²) in [5.41, 5.74) is 3.31. The van der Waals surface area contributed by atoms with E-state index in [4.69, 9.17) is 11.6 Å². The minimum Gasteiger partial charge on any atom is -0.312 e. The van der Waals surface area contributed by atoms with Crippen LogP contribution in [-0.2, 0) is 21.2 Å². The van der Waals surface area contributed by atoms with Gasteiger partial charge in [0.1, 0.15) is 5.82 Å². The average Bonchev–Trinajstić information content (AvgIpc) is 2.75. The summed E-state index contributed by atoms with van der Waals surface area (Å²) >= 11 is 5.76. The van der Waals surface area contributed by atoms with Gasteiger partial charge in [0.05, 0.1) is 9.92 Å². The molecule has 0 saturated carbocycles. The van der Waals surface area contributed by atoms with Crippen molar-refractivity contribution in [2.24, 2.45) is 5.92 Å². The van der Waals surface area contributed by atoms with Gasteiger partial charge in [-0.05, 0) is 61.9 Å². The Balaban J connectivity index is 1.48. The molecule has 1 fully saturated rings. The lowest BCUT2D eigenvalue weighted by Crippen LogP contribution is -2.46. The number of anilines is 1. The summed E-state index contributed by atoms with van der Waals surface area (Å²) in [6.07, 6.45) is 2.83. The molecule has 2 aliphatic rings. The third kappa shape index (κ3) is 3.86. The molecule has 2 aromatic carbocycles. The van der Waals surface area contributed by atoms with Gasteiger partial charge in [-0.25, -0.2) is 12.8 Å². The quantitative estimate of drug-likeness (QED) is 0.705. The van der Waals surface area contributed by atoms with Crippen molar-refractivity contribution in [3.63, 3.8) is 0 Å². The normalized spacial score (nSPS) is 18.3. The van der Waals surface area contributed by atoms with Crippen LogP contribution in [0.15, 0.2) is 41.3 Å². The van der Waals surface area contributed by atoms with E-state index in [9.17, 15) is 17.6 Å². The smallest absolute Gasteiger partial charge is 0.243 e. The second-order valence-corrected chi connectivity index (χ2v) is 10.3. The predicted molar refractivity (Wildman–Crippen MR) is 115 cm³/mol. The Morgan fingerprint density at radius 3 is 2.57 bits per heavy atom. The van der Waals surface area contributed by atoms with E-state index in [-0.39, 0.29) is 34.8 Å². The lowest BCUT2D eigenvalue weighted by molar-refractivity contribution is -0.123. The highest BCUT2D eigenvalue weighted by atomic mass is 35.5. The molecule has 4 rings (SSSR count). The number of carbonyl (C=O) groups excluding carboxylic acids is 1. The summed E-state index contributed by atoms with van der Waals surface area (Å²) in [7, 11) is -3.77. The maximum atomic E-state index is 13.4. The Hall–Kier alpha value is -1.96. The summed E-state index contributed by atoms with van der Waals surface area (Å²) in [5, 5.41) is -0.222. The van der Waals surface area contributed by atoms with Crippen LogP contribution < -0.4 is 4.90 Å². The van der Waals surface area contributed by atoms with Crippen LogP contribution in [0, 0.1) is 18.7 Å². The molecule has 0 bridgehead atoms. The van der Waals surface area contributed by atoms with E-state index in [1.165, 1.54) is 15.9 Å². The summed E-state index contributed by atoms with van der Waals surface area (Å²) in [6.45, 7) is 3.22. The first kappa shape index (κ1) is 21.3. The average molecular weight is 451 g/mol. The van der Waals surface area contributed by atoms with Gasteiger partial charge >= 0.3 is 0 Å². The number of aryl methyl sites for hydroxylation is 2. The Kier molecular flexibility index (Phi) is 5.88. The van der Waals surface area contributed by atoms with Crippen molar-refractivity contribution >= 4 is 33.2 Å². The molecule has 2 aliphatic heterocycles. The number of sulfonamides is 1. The van der Waals surface area contributed by atoms with Crippen LogP contribution in [0.3, 0.4) is 0 Å². The van der Waals surface area contributed by atoms with Gasteiger partial charge in [-0.1, -0.05) is 29.8 Å². The molecule has 2 aromatic rings. The van der Waals surface area contributed by atoms with Crippen molar-refractivity contribution in [1.29, 1.82) is 0 Å². The topological polar surface area (TPSA) is 57.7 Å². The summed E-state index contributed by atoms with van der Waals surface area (Å²) in [4.78, 5) is 15.1. The number of benzene rings is 2. The van der Waals surface area contributed by atoms with Crippen molar-refractivity contribution < 1.29 is 17.6 Å². The second-order valence-electron chi connectivity index (χ2n) is 7.93. The zero-order chi connectivity index (χ0) is 21.5.